The Morgan fingerprint density at radius 1 is 1.16 bits per heavy atom. The second-order valence-electron chi connectivity index (χ2n) is 5.00. The van der Waals surface area contributed by atoms with Crippen LogP contribution >= 0.6 is 0 Å². The second kappa shape index (κ2) is 5.39. The second-order valence-corrected chi connectivity index (χ2v) is 5.00. The summed E-state index contributed by atoms with van der Waals surface area (Å²) in [5.41, 5.74) is 2.51. The van der Waals surface area contributed by atoms with Crippen molar-refractivity contribution in [1.82, 2.24) is 4.98 Å². The lowest BCUT2D eigenvalue weighted by atomic mass is 9.80. The van der Waals surface area contributed by atoms with Gasteiger partial charge in [0, 0.05) is 6.07 Å². The molecule has 0 bridgehead atoms. The van der Waals surface area contributed by atoms with Gasteiger partial charge < -0.3 is 4.74 Å². The number of hydrogen-bond donors (Lipinski definition) is 0. The summed E-state index contributed by atoms with van der Waals surface area (Å²) < 4.78 is 18.4. The average molecular weight is 257 g/mol. The van der Waals surface area contributed by atoms with Crippen molar-refractivity contribution in [2.75, 3.05) is 0 Å². The monoisotopic (exact) mass is 257 g/mol. The fourth-order valence-corrected chi connectivity index (χ4v) is 2.27. The molecule has 0 aliphatic heterocycles. The largest absolute Gasteiger partial charge is 0.487 e. The molecule has 0 atom stereocenters. The summed E-state index contributed by atoms with van der Waals surface area (Å²) in [4.78, 5) is 3.75. The van der Waals surface area contributed by atoms with E-state index in [2.05, 4.69) is 29.2 Å². The highest BCUT2D eigenvalue weighted by Gasteiger charge is 2.18. The lowest BCUT2D eigenvalue weighted by Crippen LogP contribution is -2.08. The molecule has 3 heteroatoms. The number of rotatable bonds is 4. The zero-order valence-corrected chi connectivity index (χ0v) is 10.7. The van der Waals surface area contributed by atoms with Crippen molar-refractivity contribution >= 4 is 0 Å². The number of ether oxygens (including phenoxy) is 1. The van der Waals surface area contributed by atoms with Gasteiger partial charge in [-0.3, -0.25) is 4.98 Å². The van der Waals surface area contributed by atoms with Gasteiger partial charge in [0.1, 0.15) is 18.2 Å². The summed E-state index contributed by atoms with van der Waals surface area (Å²) in [6, 6.07) is 9.86. The Kier molecular flexibility index (Phi) is 3.45. The number of hydrogen-bond acceptors (Lipinski definition) is 2. The first-order valence-electron chi connectivity index (χ1n) is 6.63. The first-order valence-corrected chi connectivity index (χ1v) is 6.63. The molecule has 0 N–H and O–H groups in total. The maximum Gasteiger partial charge on any atom is 0.145 e. The molecular formula is C16H16FNO. The molecule has 1 aliphatic rings. The summed E-state index contributed by atoms with van der Waals surface area (Å²) in [6.07, 6.45) is 6.66. The van der Waals surface area contributed by atoms with Crippen molar-refractivity contribution in [2.24, 2.45) is 0 Å². The minimum atomic E-state index is -0.377. The van der Waals surface area contributed by atoms with E-state index in [-0.39, 0.29) is 5.82 Å². The Bertz CT molecular complexity index is 549. The molecule has 1 aliphatic carbocycles. The van der Waals surface area contributed by atoms with Crippen LogP contribution in [0.15, 0.2) is 42.7 Å². The summed E-state index contributed by atoms with van der Waals surface area (Å²) in [7, 11) is 0. The quantitative estimate of drug-likeness (QED) is 0.823. The van der Waals surface area contributed by atoms with Gasteiger partial charge in [-0.15, -0.1) is 0 Å². The third-order valence-corrected chi connectivity index (χ3v) is 3.64. The smallest absolute Gasteiger partial charge is 0.145 e. The molecule has 0 radical (unpaired) electrons. The Morgan fingerprint density at radius 3 is 2.58 bits per heavy atom. The number of nitrogens with zero attached hydrogens (tertiary/aromatic N) is 1. The summed E-state index contributed by atoms with van der Waals surface area (Å²) in [5.74, 6) is 0.836. The van der Waals surface area contributed by atoms with Crippen LogP contribution in [0.2, 0.25) is 0 Å². The number of aromatic nitrogens is 1. The molecule has 0 spiro atoms. The number of pyridine rings is 1. The molecule has 1 saturated carbocycles. The van der Waals surface area contributed by atoms with Gasteiger partial charge in [0.2, 0.25) is 0 Å². The number of benzene rings is 1. The van der Waals surface area contributed by atoms with Crippen LogP contribution in [0.25, 0.3) is 0 Å². The summed E-state index contributed by atoms with van der Waals surface area (Å²) in [6.45, 7) is 0.441. The van der Waals surface area contributed by atoms with Gasteiger partial charge in [-0.25, -0.2) is 4.39 Å². The molecule has 3 rings (SSSR count). The minimum Gasteiger partial charge on any atom is -0.487 e. The predicted molar refractivity (Wildman–Crippen MR) is 71.6 cm³/mol. The van der Waals surface area contributed by atoms with Gasteiger partial charge in [-0.1, -0.05) is 30.7 Å². The Labute approximate surface area is 112 Å². The molecule has 2 nitrogen and oxygen atoms in total. The van der Waals surface area contributed by atoms with Crippen LogP contribution in [0, 0.1) is 5.82 Å². The fraction of sp³-hybridized carbons (Fsp3) is 0.312. The Hall–Kier alpha value is -1.90. The normalized spacial score (nSPS) is 15.0. The van der Waals surface area contributed by atoms with E-state index in [0.717, 1.165) is 11.5 Å². The van der Waals surface area contributed by atoms with Gasteiger partial charge in [-0.2, -0.15) is 0 Å². The SMILES string of the molecule is Fc1cncc(OCc2ccc(C3CCC3)cc2)c1. The fourth-order valence-electron chi connectivity index (χ4n) is 2.27. The molecular weight excluding hydrogens is 241 g/mol. The molecule has 1 heterocycles. The highest BCUT2D eigenvalue weighted by atomic mass is 19.1. The van der Waals surface area contributed by atoms with Crippen LogP contribution in [0.4, 0.5) is 4.39 Å². The minimum absolute atomic E-state index is 0.377. The standard InChI is InChI=1S/C16H16FNO/c17-15-8-16(10-18-9-15)19-11-12-4-6-14(7-5-12)13-2-1-3-13/h4-10,13H,1-3,11H2. The van der Waals surface area contributed by atoms with Crippen molar-refractivity contribution in [3.05, 3.63) is 59.7 Å². The maximum absolute atomic E-state index is 12.9. The zero-order valence-electron chi connectivity index (χ0n) is 10.7. The van der Waals surface area contributed by atoms with E-state index < -0.39 is 0 Å². The predicted octanol–water partition coefficient (Wildman–Crippen LogP) is 4.07. The van der Waals surface area contributed by atoms with Crippen LogP contribution in [-0.2, 0) is 6.61 Å². The van der Waals surface area contributed by atoms with E-state index in [1.54, 1.807) is 0 Å². The van der Waals surface area contributed by atoms with E-state index in [9.17, 15) is 4.39 Å². The van der Waals surface area contributed by atoms with Crippen LogP contribution < -0.4 is 4.74 Å². The third-order valence-electron chi connectivity index (χ3n) is 3.64. The van der Waals surface area contributed by atoms with Crippen LogP contribution in [0.3, 0.4) is 0 Å². The first kappa shape index (κ1) is 12.2. The van der Waals surface area contributed by atoms with E-state index in [4.69, 9.17) is 4.74 Å². The van der Waals surface area contributed by atoms with E-state index >= 15 is 0 Å². The van der Waals surface area contributed by atoms with E-state index in [1.165, 1.54) is 43.3 Å². The van der Waals surface area contributed by atoms with Gasteiger partial charge in [0.05, 0.1) is 12.4 Å². The van der Waals surface area contributed by atoms with E-state index in [1.807, 2.05) is 0 Å². The lowest BCUT2D eigenvalue weighted by Gasteiger charge is -2.25. The van der Waals surface area contributed by atoms with Crippen LogP contribution in [0.5, 0.6) is 5.75 Å². The molecule has 0 saturated heterocycles. The lowest BCUT2D eigenvalue weighted by molar-refractivity contribution is 0.303. The highest BCUT2D eigenvalue weighted by molar-refractivity contribution is 5.27. The topological polar surface area (TPSA) is 22.1 Å². The van der Waals surface area contributed by atoms with Gasteiger partial charge in [0.25, 0.3) is 0 Å². The first-order chi connectivity index (χ1) is 9.31. The number of halogens is 1. The van der Waals surface area contributed by atoms with Crippen LogP contribution in [-0.4, -0.2) is 4.98 Å². The maximum atomic E-state index is 12.9. The van der Waals surface area contributed by atoms with Crippen molar-refractivity contribution in [3.8, 4) is 5.75 Å². The van der Waals surface area contributed by atoms with Crippen molar-refractivity contribution in [3.63, 3.8) is 0 Å². The molecule has 0 unspecified atom stereocenters. The molecule has 1 aromatic heterocycles. The average Bonchev–Trinajstić information content (AvgIpc) is 2.36. The molecule has 98 valence electrons. The van der Waals surface area contributed by atoms with Gasteiger partial charge >= 0.3 is 0 Å². The molecule has 19 heavy (non-hydrogen) atoms. The van der Waals surface area contributed by atoms with Crippen molar-refractivity contribution in [2.45, 2.75) is 31.8 Å². The molecule has 1 aromatic carbocycles. The van der Waals surface area contributed by atoms with Gasteiger partial charge in [0.15, 0.2) is 0 Å². The molecule has 2 aromatic rings. The zero-order chi connectivity index (χ0) is 13.1. The van der Waals surface area contributed by atoms with E-state index in [0.29, 0.717) is 12.4 Å². The third kappa shape index (κ3) is 2.92. The van der Waals surface area contributed by atoms with Crippen LogP contribution in [0.1, 0.15) is 36.3 Å². The van der Waals surface area contributed by atoms with Crippen molar-refractivity contribution in [1.29, 1.82) is 0 Å². The molecule has 1 fully saturated rings. The summed E-state index contributed by atoms with van der Waals surface area (Å²) >= 11 is 0. The molecule has 0 amide bonds. The highest BCUT2D eigenvalue weighted by Crippen LogP contribution is 2.36. The van der Waals surface area contributed by atoms with Gasteiger partial charge in [-0.05, 0) is 29.9 Å². The Morgan fingerprint density at radius 2 is 1.95 bits per heavy atom. The Balaban J connectivity index is 1.60. The van der Waals surface area contributed by atoms with Crippen molar-refractivity contribution < 1.29 is 9.13 Å². The summed E-state index contributed by atoms with van der Waals surface area (Å²) in [5, 5.41) is 0.